The van der Waals surface area contributed by atoms with Gasteiger partial charge < -0.3 is 4.90 Å². The Morgan fingerprint density at radius 2 is 1.86 bits per heavy atom. The van der Waals surface area contributed by atoms with Gasteiger partial charge >= 0.3 is 0 Å². The molecule has 0 spiro atoms. The van der Waals surface area contributed by atoms with Gasteiger partial charge in [0, 0.05) is 30.2 Å². The maximum absolute atomic E-state index is 4.83. The number of piperidine rings is 1. The summed E-state index contributed by atoms with van der Waals surface area (Å²) in [4.78, 5) is 7.16. The lowest BCUT2D eigenvalue weighted by molar-refractivity contribution is -0.753. The maximum Gasteiger partial charge on any atom is 0.291 e. The van der Waals surface area contributed by atoms with Gasteiger partial charge in [0.2, 0.25) is 6.20 Å². The molecular formula is C18H25N4+. The molecule has 116 valence electrons. The number of anilines is 1. The van der Waals surface area contributed by atoms with Gasteiger partial charge in [0.1, 0.15) is 5.69 Å². The molecule has 3 rings (SSSR count). The summed E-state index contributed by atoms with van der Waals surface area (Å²) < 4.78 is 2.07. The second-order valence-electron chi connectivity index (χ2n) is 5.96. The summed E-state index contributed by atoms with van der Waals surface area (Å²) in [7, 11) is 0. The first kappa shape index (κ1) is 14.9. The minimum atomic E-state index is 0.886. The Kier molecular flexibility index (Phi) is 4.99. The zero-order valence-electron chi connectivity index (χ0n) is 13.4. The van der Waals surface area contributed by atoms with Gasteiger partial charge in [-0.15, -0.1) is 0 Å². The fourth-order valence-corrected chi connectivity index (χ4v) is 2.85. The Balaban J connectivity index is 1.94. The van der Waals surface area contributed by atoms with E-state index in [-0.39, 0.29) is 0 Å². The van der Waals surface area contributed by atoms with Crippen LogP contribution < -0.4 is 9.58 Å². The molecule has 2 aromatic rings. The number of hydrogen-bond acceptors (Lipinski definition) is 3. The van der Waals surface area contributed by atoms with Crippen molar-refractivity contribution >= 4 is 5.95 Å². The van der Waals surface area contributed by atoms with Crippen LogP contribution in [0.25, 0.3) is 11.3 Å². The Hall–Kier alpha value is -1.97. The summed E-state index contributed by atoms with van der Waals surface area (Å²) >= 11 is 0. The molecule has 0 bridgehead atoms. The van der Waals surface area contributed by atoms with E-state index in [4.69, 9.17) is 10.1 Å². The smallest absolute Gasteiger partial charge is 0.291 e. The molecule has 1 saturated heterocycles. The van der Waals surface area contributed by atoms with Crippen molar-refractivity contribution < 1.29 is 4.68 Å². The highest BCUT2D eigenvalue weighted by atomic mass is 15.4. The van der Waals surface area contributed by atoms with E-state index in [0.717, 1.165) is 43.3 Å². The molecule has 4 nitrogen and oxygen atoms in total. The van der Waals surface area contributed by atoms with Gasteiger partial charge in [-0.1, -0.05) is 48.4 Å². The number of benzene rings is 1. The number of aryl methyl sites for hydroxylation is 1. The van der Waals surface area contributed by atoms with Crippen molar-refractivity contribution in [3.8, 4) is 11.3 Å². The highest BCUT2D eigenvalue weighted by Crippen LogP contribution is 2.19. The van der Waals surface area contributed by atoms with Crippen LogP contribution in [0.3, 0.4) is 0 Å². The van der Waals surface area contributed by atoms with Crippen molar-refractivity contribution in [2.75, 3.05) is 18.0 Å². The molecule has 0 N–H and O–H groups in total. The van der Waals surface area contributed by atoms with Gasteiger partial charge in [-0.3, -0.25) is 0 Å². The van der Waals surface area contributed by atoms with E-state index in [1.165, 1.54) is 25.7 Å². The molecule has 1 aliphatic heterocycles. The highest BCUT2D eigenvalue weighted by Gasteiger charge is 2.19. The van der Waals surface area contributed by atoms with Crippen LogP contribution in [-0.4, -0.2) is 23.2 Å². The summed E-state index contributed by atoms with van der Waals surface area (Å²) in [6.45, 7) is 5.32. The zero-order valence-corrected chi connectivity index (χ0v) is 13.4. The van der Waals surface area contributed by atoms with E-state index < -0.39 is 0 Å². The first-order valence-electron chi connectivity index (χ1n) is 8.46. The molecule has 0 radical (unpaired) electrons. The summed E-state index contributed by atoms with van der Waals surface area (Å²) in [5.41, 5.74) is 2.18. The number of unbranched alkanes of at least 4 members (excludes halogenated alkanes) is 1. The number of nitrogens with zero attached hydrogens (tertiary/aromatic N) is 4. The quantitative estimate of drug-likeness (QED) is 0.794. The van der Waals surface area contributed by atoms with Crippen LogP contribution in [0.2, 0.25) is 0 Å². The molecule has 1 aliphatic rings. The monoisotopic (exact) mass is 297 g/mol. The average molecular weight is 297 g/mol. The largest absolute Gasteiger partial charge is 0.336 e. The number of aromatic nitrogens is 3. The molecule has 4 heteroatoms. The first-order chi connectivity index (χ1) is 10.9. The van der Waals surface area contributed by atoms with Crippen molar-refractivity contribution in [1.29, 1.82) is 0 Å². The van der Waals surface area contributed by atoms with Gasteiger partial charge in [-0.25, -0.2) is 4.98 Å². The predicted molar refractivity (Wildman–Crippen MR) is 88.6 cm³/mol. The van der Waals surface area contributed by atoms with Crippen LogP contribution in [0.5, 0.6) is 0 Å². The van der Waals surface area contributed by atoms with Crippen molar-refractivity contribution in [2.24, 2.45) is 0 Å². The van der Waals surface area contributed by atoms with Crippen molar-refractivity contribution in [2.45, 2.75) is 45.6 Å². The molecule has 0 atom stereocenters. The number of rotatable bonds is 5. The van der Waals surface area contributed by atoms with E-state index in [2.05, 4.69) is 47.0 Å². The Labute approximate surface area is 132 Å². The Morgan fingerprint density at radius 1 is 1.09 bits per heavy atom. The van der Waals surface area contributed by atoms with Crippen LogP contribution >= 0.6 is 0 Å². The second-order valence-corrected chi connectivity index (χ2v) is 5.96. The molecule has 0 unspecified atom stereocenters. The maximum atomic E-state index is 4.83. The van der Waals surface area contributed by atoms with Crippen molar-refractivity contribution in [3.05, 3.63) is 36.5 Å². The van der Waals surface area contributed by atoms with Gasteiger partial charge in [0.25, 0.3) is 5.95 Å². The highest BCUT2D eigenvalue weighted by molar-refractivity contribution is 5.58. The lowest BCUT2D eigenvalue weighted by Crippen LogP contribution is -2.42. The summed E-state index contributed by atoms with van der Waals surface area (Å²) in [6, 6.07) is 10.4. The molecular weight excluding hydrogens is 272 g/mol. The normalized spacial score (nSPS) is 15.0. The lowest BCUT2D eigenvalue weighted by atomic mass is 10.1. The summed E-state index contributed by atoms with van der Waals surface area (Å²) in [6.07, 6.45) is 8.22. The Morgan fingerprint density at radius 3 is 2.59 bits per heavy atom. The van der Waals surface area contributed by atoms with Crippen LogP contribution in [0.15, 0.2) is 36.5 Å². The van der Waals surface area contributed by atoms with E-state index >= 15 is 0 Å². The molecule has 0 aliphatic carbocycles. The fourth-order valence-electron chi connectivity index (χ4n) is 2.85. The van der Waals surface area contributed by atoms with E-state index in [9.17, 15) is 0 Å². The molecule has 0 saturated carbocycles. The Bertz CT molecular complexity index is 591. The van der Waals surface area contributed by atoms with E-state index in [1.807, 2.05) is 6.07 Å². The van der Waals surface area contributed by atoms with Crippen molar-refractivity contribution in [3.63, 3.8) is 0 Å². The lowest BCUT2D eigenvalue weighted by Gasteiger charge is -2.25. The minimum Gasteiger partial charge on any atom is -0.336 e. The average Bonchev–Trinajstić information content (AvgIpc) is 2.61. The number of hydrogen-bond donors (Lipinski definition) is 0. The van der Waals surface area contributed by atoms with E-state index in [1.54, 1.807) is 0 Å². The third-order valence-corrected chi connectivity index (χ3v) is 4.16. The van der Waals surface area contributed by atoms with E-state index in [0.29, 0.717) is 0 Å². The SMILES string of the molecule is CCCC[n+]1cc(-c2ccccc2)nc(N2CCCCC2)n1. The van der Waals surface area contributed by atoms with Crippen LogP contribution in [0, 0.1) is 0 Å². The van der Waals surface area contributed by atoms with Crippen molar-refractivity contribution in [1.82, 2.24) is 10.1 Å². The molecule has 1 aromatic carbocycles. The van der Waals surface area contributed by atoms with Crippen LogP contribution in [0.1, 0.15) is 39.0 Å². The predicted octanol–water partition coefficient (Wildman–Crippen LogP) is 3.22. The van der Waals surface area contributed by atoms with Gasteiger partial charge in [-0.2, -0.15) is 0 Å². The first-order valence-corrected chi connectivity index (χ1v) is 8.46. The standard InChI is InChI=1S/C18H25N4/c1-2-3-14-22-15-17(16-10-6-4-7-11-16)19-18(20-22)21-12-8-5-9-13-21/h4,6-7,10-11,15H,2-3,5,8-9,12-14H2,1H3/q+1. The molecule has 1 aromatic heterocycles. The van der Waals surface area contributed by atoms with Crippen LogP contribution in [0.4, 0.5) is 5.95 Å². The third-order valence-electron chi connectivity index (χ3n) is 4.16. The fraction of sp³-hybridized carbons (Fsp3) is 0.500. The minimum absolute atomic E-state index is 0.886. The van der Waals surface area contributed by atoms with Gasteiger partial charge in [0.15, 0.2) is 6.54 Å². The summed E-state index contributed by atoms with van der Waals surface area (Å²) in [5.74, 6) is 0.886. The third kappa shape index (κ3) is 3.62. The topological polar surface area (TPSA) is 32.9 Å². The van der Waals surface area contributed by atoms with Crippen LogP contribution in [-0.2, 0) is 6.54 Å². The molecule has 1 fully saturated rings. The molecule has 0 amide bonds. The summed E-state index contributed by atoms with van der Waals surface area (Å²) in [5, 5.41) is 4.75. The van der Waals surface area contributed by atoms with Gasteiger partial charge in [-0.05, 0) is 19.3 Å². The molecule has 22 heavy (non-hydrogen) atoms. The molecule has 2 heterocycles. The second kappa shape index (κ2) is 7.34. The van der Waals surface area contributed by atoms with Gasteiger partial charge in [0.05, 0.1) is 0 Å². The zero-order chi connectivity index (χ0) is 15.2.